The van der Waals surface area contributed by atoms with Gasteiger partial charge >= 0.3 is 0 Å². The van der Waals surface area contributed by atoms with E-state index in [9.17, 15) is 0 Å². The van der Waals surface area contributed by atoms with Gasteiger partial charge in [-0.3, -0.25) is 0 Å². The van der Waals surface area contributed by atoms with Crippen molar-refractivity contribution in [3.8, 4) is 0 Å². The first kappa shape index (κ1) is 48.0. The maximum atomic E-state index is 0. The molecule has 0 aromatic carbocycles. The van der Waals surface area contributed by atoms with Crippen LogP contribution in [0, 0.1) is 0 Å². The Morgan fingerprint density at radius 2 is 0.333 bits per heavy atom. The molecule has 0 rings (SSSR count). The van der Waals surface area contributed by atoms with Crippen molar-refractivity contribution in [2.45, 2.75) is 0 Å². The van der Waals surface area contributed by atoms with Gasteiger partial charge in [0.25, 0.3) is 0 Å². The van der Waals surface area contributed by atoms with Crippen LogP contribution in [0.5, 0.6) is 0 Å². The Hall–Kier alpha value is 4.32. The van der Waals surface area contributed by atoms with E-state index in [1.165, 1.54) is 0 Å². The third-order valence-electron chi connectivity index (χ3n) is 0. The molecule has 0 nitrogen and oxygen atoms in total. The van der Waals surface area contributed by atoms with Gasteiger partial charge in [0.2, 0.25) is 0 Å². The van der Waals surface area contributed by atoms with Crippen molar-refractivity contribution in [1.82, 2.24) is 0 Å². The van der Waals surface area contributed by atoms with Gasteiger partial charge in [-0.1, -0.05) is 0 Å². The van der Waals surface area contributed by atoms with Crippen molar-refractivity contribution in [1.29, 1.82) is 0 Å². The average Bonchev–Trinajstić information content (AvgIpc) is 0. The predicted molar refractivity (Wildman–Crippen MR) is 17.3 cm³/mol. The van der Waals surface area contributed by atoms with Crippen molar-refractivity contribution in [2.24, 2.45) is 0 Å². The van der Waals surface area contributed by atoms with E-state index >= 15 is 0 Å². The molecule has 0 heterocycles. The van der Waals surface area contributed by atoms with Crippen molar-refractivity contribution >= 4 is 51.2 Å². The van der Waals surface area contributed by atoms with Crippen LogP contribution in [0.3, 0.4) is 0 Å². The molecule has 0 unspecified atom stereocenters. The quantitative estimate of drug-likeness (QED) is 0.321. The van der Waals surface area contributed by atoms with Crippen LogP contribution >= 0.6 is 0 Å². The van der Waals surface area contributed by atoms with E-state index in [4.69, 9.17) is 0 Å². The minimum Gasteiger partial charge on any atom is 0 e. The number of hydrogen-bond acceptors (Lipinski definition) is 0. The monoisotopic (exact) mass is 581 g/mol. The minimum atomic E-state index is 0. The van der Waals surface area contributed by atoms with Crippen LogP contribution < -0.4 is 0 Å². The van der Waals surface area contributed by atoms with E-state index in [2.05, 4.69) is 0 Å². The molecular formula is Cd3Se3. The van der Waals surface area contributed by atoms with E-state index in [1.807, 2.05) is 0 Å². The molecule has 0 aromatic heterocycles. The van der Waals surface area contributed by atoms with E-state index in [0.717, 1.165) is 0 Å². The Labute approximate surface area is 130 Å². The molecule has 0 amide bonds. The zero-order valence-corrected chi connectivity index (χ0v) is 20.6. The van der Waals surface area contributed by atoms with E-state index in [1.54, 1.807) is 0 Å². The first-order valence-electron chi connectivity index (χ1n) is 0. The third kappa shape index (κ3) is 23.9. The normalized spacial score (nSPS) is 0. The van der Waals surface area contributed by atoms with E-state index in [-0.39, 0.29) is 133 Å². The molecule has 0 fully saturated rings. The van der Waals surface area contributed by atoms with E-state index in [0.29, 0.717) is 0 Å². The molecule has 0 aromatic rings. The van der Waals surface area contributed by atoms with Gasteiger partial charge in [0.15, 0.2) is 0 Å². The summed E-state index contributed by atoms with van der Waals surface area (Å²) in [5.74, 6) is 0. The summed E-state index contributed by atoms with van der Waals surface area (Å²) in [5.41, 5.74) is 0. The molecule has 24 valence electrons. The molecule has 0 aliphatic carbocycles. The topological polar surface area (TPSA) is 0 Å². The first-order valence-corrected chi connectivity index (χ1v) is 0. The first-order chi connectivity index (χ1) is 0. The van der Waals surface area contributed by atoms with Crippen molar-refractivity contribution in [2.75, 3.05) is 0 Å². The Morgan fingerprint density at radius 3 is 0.333 bits per heavy atom. The van der Waals surface area contributed by atoms with Gasteiger partial charge in [0, 0.05) is 133 Å². The van der Waals surface area contributed by atoms with Gasteiger partial charge in [-0.2, -0.15) is 0 Å². The fourth-order valence-electron chi connectivity index (χ4n) is 0. The Bertz CT molecular complexity index is 6.00. The molecule has 0 N–H and O–H groups in total. The third-order valence-corrected chi connectivity index (χ3v) is 0. The van der Waals surface area contributed by atoms with Crippen LogP contribution in [0.25, 0.3) is 0 Å². The molecule has 0 bridgehead atoms. The Balaban J connectivity index is 0. The fourth-order valence-corrected chi connectivity index (χ4v) is 0. The molecule has 6 heteroatoms. The van der Waals surface area contributed by atoms with Crippen LogP contribution in [-0.4, -0.2) is 51.2 Å². The van der Waals surface area contributed by atoms with Crippen molar-refractivity contribution in [3.63, 3.8) is 0 Å². The van der Waals surface area contributed by atoms with Gasteiger partial charge < -0.3 is 0 Å². The van der Waals surface area contributed by atoms with Crippen molar-refractivity contribution in [3.05, 3.63) is 0 Å². The van der Waals surface area contributed by atoms with Gasteiger partial charge in [-0.05, 0) is 0 Å². The molecule has 0 atom stereocenters. The Morgan fingerprint density at radius 1 is 0.333 bits per heavy atom. The van der Waals surface area contributed by atoms with Crippen LogP contribution in [0.2, 0.25) is 0 Å². The molecule has 0 aliphatic rings. The van der Waals surface area contributed by atoms with Crippen LogP contribution in [0.4, 0.5) is 0 Å². The average molecular weight is 574 g/mol. The van der Waals surface area contributed by atoms with Gasteiger partial charge in [0.05, 0.1) is 0 Å². The summed E-state index contributed by atoms with van der Waals surface area (Å²) in [6.45, 7) is 0. The molecular weight excluding hydrogens is 574 g/mol. The standard InChI is InChI=1S/3Cd.3Se. The summed E-state index contributed by atoms with van der Waals surface area (Å²) in [7, 11) is 0. The molecule has 6 radical (unpaired) electrons. The molecule has 0 saturated heterocycles. The summed E-state index contributed by atoms with van der Waals surface area (Å²) in [6.07, 6.45) is 0. The van der Waals surface area contributed by atoms with Gasteiger partial charge in [0.1, 0.15) is 0 Å². The number of rotatable bonds is 0. The maximum Gasteiger partial charge on any atom is 0 e. The molecule has 6 heavy (non-hydrogen) atoms. The van der Waals surface area contributed by atoms with Crippen LogP contribution in [-0.2, 0) is 81.9 Å². The smallest absolute Gasteiger partial charge is 0 e. The summed E-state index contributed by atoms with van der Waals surface area (Å²) >= 11 is 0. The SMILES string of the molecule is [Cd].[Cd].[Cd].[Se].[Se].[Se]. The van der Waals surface area contributed by atoms with Gasteiger partial charge in [-0.25, -0.2) is 0 Å². The van der Waals surface area contributed by atoms with Crippen LogP contribution in [0.15, 0.2) is 0 Å². The Kier molecular flexibility index (Phi) is 276. The zero-order chi connectivity index (χ0) is 0. The van der Waals surface area contributed by atoms with E-state index < -0.39 is 0 Å². The zero-order valence-electron chi connectivity index (χ0n) is 3.35. The van der Waals surface area contributed by atoms with Gasteiger partial charge in [-0.15, -0.1) is 0 Å². The number of hydrogen-bond donors (Lipinski definition) is 0. The predicted octanol–water partition coefficient (Wildman–Crippen LogP) is -1.15. The summed E-state index contributed by atoms with van der Waals surface area (Å²) in [5, 5.41) is 0. The largest absolute Gasteiger partial charge is 0 e. The van der Waals surface area contributed by atoms with Crippen molar-refractivity contribution < 1.29 is 81.9 Å². The minimum absolute atomic E-state index is 0. The maximum absolute atomic E-state index is 0. The molecule has 0 aliphatic heterocycles. The second-order valence-electron chi connectivity index (χ2n) is 0. The second-order valence-corrected chi connectivity index (χ2v) is 0. The summed E-state index contributed by atoms with van der Waals surface area (Å²) in [4.78, 5) is 0. The molecule has 0 spiro atoms. The molecule has 0 saturated carbocycles. The fraction of sp³-hybridized carbons (Fsp3) is 0. The summed E-state index contributed by atoms with van der Waals surface area (Å²) in [6, 6.07) is 0. The second kappa shape index (κ2) is 34.6. The van der Waals surface area contributed by atoms with Crippen LogP contribution in [0.1, 0.15) is 0 Å². The summed E-state index contributed by atoms with van der Waals surface area (Å²) < 4.78 is 0.